The van der Waals surface area contributed by atoms with E-state index in [0.29, 0.717) is 11.7 Å². The number of hydrogen-bond donors (Lipinski definition) is 0. The first-order valence-corrected chi connectivity index (χ1v) is 9.37. The molecule has 0 bridgehead atoms. The van der Waals surface area contributed by atoms with Gasteiger partial charge in [-0.05, 0) is 47.5 Å². The van der Waals surface area contributed by atoms with E-state index >= 15 is 0 Å². The number of para-hydroxylation sites is 1. The maximum absolute atomic E-state index is 6.17. The number of benzene rings is 3. The number of rotatable bonds is 4. The average molecular weight is 375 g/mol. The molecule has 5 aromatic rings. The zero-order valence-corrected chi connectivity index (χ0v) is 15.6. The van der Waals surface area contributed by atoms with Crippen LogP contribution in [0.25, 0.3) is 33.4 Å². The minimum Gasteiger partial charge on any atom is -0.438 e. The molecule has 0 atom stereocenters. The number of pyridine rings is 1. The van der Waals surface area contributed by atoms with Crippen molar-refractivity contribution in [1.29, 1.82) is 0 Å². The molecule has 0 aliphatic rings. The Balaban J connectivity index is 1.53. The second-order valence-corrected chi connectivity index (χ2v) is 6.60. The lowest BCUT2D eigenvalue weighted by molar-refractivity contribution is 0.469. The first-order valence-electron chi connectivity index (χ1n) is 9.37. The minimum atomic E-state index is 0.530. The van der Waals surface area contributed by atoms with Crippen LogP contribution in [0.15, 0.2) is 103 Å². The van der Waals surface area contributed by atoms with Gasteiger partial charge in [0, 0.05) is 18.0 Å². The van der Waals surface area contributed by atoms with Crippen LogP contribution in [0.1, 0.15) is 0 Å². The summed E-state index contributed by atoms with van der Waals surface area (Å²) < 4.78 is 6.17. The fourth-order valence-electron chi connectivity index (χ4n) is 3.21. The van der Waals surface area contributed by atoms with Crippen LogP contribution in [-0.2, 0) is 0 Å². The van der Waals surface area contributed by atoms with Crippen LogP contribution in [0.4, 0.5) is 0 Å². The second-order valence-electron chi connectivity index (χ2n) is 6.60. The molecule has 4 heteroatoms. The van der Waals surface area contributed by atoms with Gasteiger partial charge in [-0.1, -0.05) is 54.6 Å². The SMILES string of the molecule is c1ccc(-c2ccc(Oc3nc(-c4cccnc4)nc4ccccc34)cc2)cc1. The van der Waals surface area contributed by atoms with Crippen molar-refractivity contribution >= 4 is 10.9 Å². The van der Waals surface area contributed by atoms with E-state index in [4.69, 9.17) is 4.74 Å². The Kier molecular flexibility index (Phi) is 4.43. The summed E-state index contributed by atoms with van der Waals surface area (Å²) in [5.74, 6) is 1.85. The van der Waals surface area contributed by atoms with Gasteiger partial charge in [0.2, 0.25) is 5.88 Å². The molecule has 138 valence electrons. The standard InChI is InChI=1S/C25H17N3O/c1-2-7-18(8-3-1)19-12-14-21(15-13-19)29-25-22-10-4-5-11-23(22)27-24(28-25)20-9-6-16-26-17-20/h1-17H. The summed E-state index contributed by atoms with van der Waals surface area (Å²) in [6.45, 7) is 0. The van der Waals surface area contributed by atoms with E-state index in [9.17, 15) is 0 Å². The normalized spacial score (nSPS) is 10.8. The highest BCUT2D eigenvalue weighted by molar-refractivity contribution is 5.85. The summed E-state index contributed by atoms with van der Waals surface area (Å²) in [6.07, 6.45) is 3.48. The van der Waals surface area contributed by atoms with Crippen LogP contribution in [0, 0.1) is 0 Å². The summed E-state index contributed by atoms with van der Waals surface area (Å²) in [4.78, 5) is 13.5. The van der Waals surface area contributed by atoms with Gasteiger partial charge in [-0.15, -0.1) is 0 Å². The van der Waals surface area contributed by atoms with E-state index < -0.39 is 0 Å². The molecule has 0 aliphatic carbocycles. The molecule has 0 radical (unpaired) electrons. The molecule has 0 saturated heterocycles. The molecular formula is C25H17N3O. The fraction of sp³-hybridized carbons (Fsp3) is 0. The van der Waals surface area contributed by atoms with Gasteiger partial charge in [0.05, 0.1) is 10.9 Å². The van der Waals surface area contributed by atoms with Crippen LogP contribution in [0.2, 0.25) is 0 Å². The smallest absolute Gasteiger partial charge is 0.230 e. The predicted octanol–water partition coefficient (Wildman–Crippen LogP) is 6.15. The lowest BCUT2D eigenvalue weighted by Gasteiger charge is -2.10. The molecule has 0 unspecified atom stereocenters. The maximum Gasteiger partial charge on any atom is 0.230 e. The van der Waals surface area contributed by atoms with Crippen molar-refractivity contribution in [2.24, 2.45) is 0 Å². The Bertz CT molecular complexity index is 1250. The summed E-state index contributed by atoms with van der Waals surface area (Å²) in [7, 11) is 0. The van der Waals surface area contributed by atoms with Gasteiger partial charge in [-0.3, -0.25) is 4.98 Å². The summed E-state index contributed by atoms with van der Waals surface area (Å²) in [6, 6.07) is 30.0. The third-order valence-corrected chi connectivity index (χ3v) is 4.66. The van der Waals surface area contributed by atoms with Gasteiger partial charge >= 0.3 is 0 Å². The molecule has 2 heterocycles. The Morgan fingerprint density at radius 2 is 1.31 bits per heavy atom. The van der Waals surface area contributed by atoms with Gasteiger partial charge in [-0.2, -0.15) is 4.98 Å². The molecule has 5 rings (SSSR count). The average Bonchev–Trinajstić information content (AvgIpc) is 2.81. The Hall–Kier alpha value is -4.05. The number of ether oxygens (including phenoxy) is 1. The van der Waals surface area contributed by atoms with Crippen molar-refractivity contribution in [2.45, 2.75) is 0 Å². The van der Waals surface area contributed by atoms with Gasteiger partial charge < -0.3 is 4.74 Å². The van der Waals surface area contributed by atoms with Crippen LogP contribution < -0.4 is 4.74 Å². The van der Waals surface area contributed by atoms with Crippen LogP contribution >= 0.6 is 0 Å². The first kappa shape index (κ1) is 17.1. The van der Waals surface area contributed by atoms with Crippen molar-refractivity contribution < 1.29 is 4.74 Å². The highest BCUT2D eigenvalue weighted by Crippen LogP contribution is 2.31. The van der Waals surface area contributed by atoms with Crippen LogP contribution in [0.3, 0.4) is 0 Å². The molecule has 3 aromatic carbocycles. The van der Waals surface area contributed by atoms with E-state index in [2.05, 4.69) is 39.2 Å². The van der Waals surface area contributed by atoms with Gasteiger partial charge in [-0.25, -0.2) is 4.98 Å². The highest BCUT2D eigenvalue weighted by Gasteiger charge is 2.11. The third-order valence-electron chi connectivity index (χ3n) is 4.66. The predicted molar refractivity (Wildman–Crippen MR) is 115 cm³/mol. The van der Waals surface area contributed by atoms with Gasteiger partial charge in [0.25, 0.3) is 0 Å². The quantitative estimate of drug-likeness (QED) is 0.378. The van der Waals surface area contributed by atoms with Crippen molar-refractivity contribution in [3.05, 3.63) is 103 Å². The first-order chi connectivity index (χ1) is 14.4. The van der Waals surface area contributed by atoms with Crippen molar-refractivity contribution in [3.8, 4) is 34.1 Å². The number of aromatic nitrogens is 3. The van der Waals surface area contributed by atoms with E-state index in [1.165, 1.54) is 5.56 Å². The lowest BCUT2D eigenvalue weighted by atomic mass is 10.1. The van der Waals surface area contributed by atoms with Crippen LogP contribution in [0.5, 0.6) is 11.6 Å². The zero-order chi connectivity index (χ0) is 19.5. The third kappa shape index (κ3) is 3.56. The van der Waals surface area contributed by atoms with Crippen molar-refractivity contribution in [2.75, 3.05) is 0 Å². The molecule has 0 amide bonds. The number of nitrogens with zero attached hydrogens (tertiary/aromatic N) is 3. The Morgan fingerprint density at radius 1 is 0.586 bits per heavy atom. The molecule has 0 saturated carbocycles. The molecule has 4 nitrogen and oxygen atoms in total. The van der Waals surface area contributed by atoms with E-state index in [0.717, 1.165) is 27.8 Å². The molecule has 0 N–H and O–H groups in total. The fourth-order valence-corrected chi connectivity index (χ4v) is 3.21. The molecular weight excluding hydrogens is 358 g/mol. The van der Waals surface area contributed by atoms with Crippen molar-refractivity contribution in [3.63, 3.8) is 0 Å². The van der Waals surface area contributed by atoms with E-state index in [1.54, 1.807) is 12.4 Å². The Labute approximate surface area is 168 Å². The summed E-state index contributed by atoms with van der Waals surface area (Å²) >= 11 is 0. The molecule has 0 aliphatic heterocycles. The monoisotopic (exact) mass is 375 g/mol. The molecule has 0 fully saturated rings. The maximum atomic E-state index is 6.17. The largest absolute Gasteiger partial charge is 0.438 e. The zero-order valence-electron chi connectivity index (χ0n) is 15.6. The number of hydrogen-bond acceptors (Lipinski definition) is 4. The van der Waals surface area contributed by atoms with E-state index in [-0.39, 0.29) is 0 Å². The summed E-state index contributed by atoms with van der Waals surface area (Å²) in [5, 5.41) is 0.868. The minimum absolute atomic E-state index is 0.530. The van der Waals surface area contributed by atoms with Crippen LogP contribution in [-0.4, -0.2) is 15.0 Å². The Morgan fingerprint density at radius 3 is 2.10 bits per heavy atom. The topological polar surface area (TPSA) is 47.9 Å². The lowest BCUT2D eigenvalue weighted by Crippen LogP contribution is -1.96. The second kappa shape index (κ2) is 7.52. The van der Waals surface area contributed by atoms with E-state index in [1.807, 2.05) is 66.7 Å². The molecule has 29 heavy (non-hydrogen) atoms. The van der Waals surface area contributed by atoms with Crippen molar-refractivity contribution in [1.82, 2.24) is 15.0 Å². The van der Waals surface area contributed by atoms with Gasteiger partial charge in [0.15, 0.2) is 5.82 Å². The molecule has 0 spiro atoms. The van der Waals surface area contributed by atoms with Gasteiger partial charge in [0.1, 0.15) is 5.75 Å². The number of fused-ring (bicyclic) bond motifs is 1. The highest BCUT2D eigenvalue weighted by atomic mass is 16.5. The molecule has 2 aromatic heterocycles. The summed E-state index contributed by atoms with van der Waals surface area (Å²) in [5.41, 5.74) is 3.99.